The van der Waals surface area contributed by atoms with E-state index >= 15 is 0 Å². The molecule has 0 bridgehead atoms. The summed E-state index contributed by atoms with van der Waals surface area (Å²) in [6.45, 7) is 4.11. The van der Waals surface area contributed by atoms with E-state index in [0.29, 0.717) is 6.04 Å². The zero-order valence-corrected chi connectivity index (χ0v) is 9.62. The van der Waals surface area contributed by atoms with Crippen LogP contribution in [0.2, 0.25) is 0 Å². The molecular weight excluding hydrogens is 188 g/mol. The molecule has 0 radical (unpaired) electrons. The fourth-order valence-corrected chi connectivity index (χ4v) is 1.97. The fourth-order valence-electron chi connectivity index (χ4n) is 1.97. The van der Waals surface area contributed by atoms with Gasteiger partial charge in [0.05, 0.1) is 6.61 Å². The quantitative estimate of drug-likeness (QED) is 0.819. The van der Waals surface area contributed by atoms with Crippen LogP contribution in [-0.2, 0) is 6.61 Å². The fraction of sp³-hybridized carbons (Fsp3) is 0.583. The van der Waals surface area contributed by atoms with Gasteiger partial charge in [-0.2, -0.15) is 0 Å². The van der Waals surface area contributed by atoms with Gasteiger partial charge in [-0.15, -0.1) is 0 Å². The molecule has 1 saturated carbocycles. The summed E-state index contributed by atoms with van der Waals surface area (Å²) in [5.41, 5.74) is 3.12. The monoisotopic (exact) mass is 206 g/mol. The molecule has 0 saturated heterocycles. The maximum atomic E-state index is 9.37. The Morgan fingerprint density at radius 1 is 1.47 bits per heavy atom. The number of nitrogens with zero attached hydrogens (tertiary/aromatic N) is 2. The molecule has 0 unspecified atom stereocenters. The lowest BCUT2D eigenvalue weighted by atomic mass is 10.1. The van der Waals surface area contributed by atoms with Crippen LogP contribution in [0, 0.1) is 13.8 Å². The minimum Gasteiger partial charge on any atom is -0.392 e. The first kappa shape index (κ1) is 10.4. The molecule has 0 aromatic carbocycles. The topological polar surface area (TPSA) is 36.4 Å². The van der Waals surface area contributed by atoms with Crippen LogP contribution in [0.15, 0.2) is 6.07 Å². The average molecular weight is 206 g/mol. The first-order valence-electron chi connectivity index (χ1n) is 5.44. The molecule has 0 atom stereocenters. The van der Waals surface area contributed by atoms with Crippen molar-refractivity contribution in [3.8, 4) is 0 Å². The maximum absolute atomic E-state index is 9.37. The Balaban J connectivity index is 2.42. The highest BCUT2D eigenvalue weighted by atomic mass is 16.3. The number of aliphatic hydroxyl groups is 1. The summed E-state index contributed by atoms with van der Waals surface area (Å²) in [7, 11) is 2.07. The van der Waals surface area contributed by atoms with Gasteiger partial charge in [0.1, 0.15) is 5.82 Å². The number of hydrogen-bond donors (Lipinski definition) is 1. The van der Waals surface area contributed by atoms with Crippen LogP contribution in [-0.4, -0.2) is 23.2 Å². The van der Waals surface area contributed by atoms with E-state index in [1.165, 1.54) is 12.8 Å². The second kappa shape index (κ2) is 3.81. The largest absolute Gasteiger partial charge is 0.392 e. The van der Waals surface area contributed by atoms with Gasteiger partial charge >= 0.3 is 0 Å². The van der Waals surface area contributed by atoms with E-state index in [0.717, 1.165) is 22.6 Å². The highest BCUT2D eigenvalue weighted by Crippen LogP contribution is 2.32. The SMILES string of the molecule is Cc1cc(C)c(CO)c(N(C)C2CC2)n1. The summed E-state index contributed by atoms with van der Waals surface area (Å²) in [6, 6.07) is 2.65. The lowest BCUT2D eigenvalue weighted by molar-refractivity contribution is 0.281. The molecule has 1 fully saturated rings. The van der Waals surface area contributed by atoms with Crippen molar-refractivity contribution in [2.24, 2.45) is 0 Å². The maximum Gasteiger partial charge on any atom is 0.134 e. The predicted octanol–water partition coefficient (Wildman–Crippen LogP) is 1.79. The van der Waals surface area contributed by atoms with E-state index in [2.05, 4.69) is 16.9 Å². The Labute approximate surface area is 90.8 Å². The summed E-state index contributed by atoms with van der Waals surface area (Å²) in [6.07, 6.45) is 2.49. The van der Waals surface area contributed by atoms with Crippen molar-refractivity contribution in [1.29, 1.82) is 0 Å². The third kappa shape index (κ3) is 1.97. The molecule has 3 nitrogen and oxygen atoms in total. The van der Waals surface area contributed by atoms with Gasteiger partial charge in [0, 0.05) is 24.3 Å². The Bertz CT molecular complexity index is 372. The van der Waals surface area contributed by atoms with E-state index < -0.39 is 0 Å². The first-order chi connectivity index (χ1) is 7.13. The van der Waals surface area contributed by atoms with Gasteiger partial charge in [0.15, 0.2) is 0 Å². The van der Waals surface area contributed by atoms with Crippen LogP contribution in [0.25, 0.3) is 0 Å². The normalized spacial score (nSPS) is 15.5. The molecule has 1 aliphatic carbocycles. The first-order valence-corrected chi connectivity index (χ1v) is 5.44. The third-order valence-corrected chi connectivity index (χ3v) is 3.04. The average Bonchev–Trinajstić information content (AvgIpc) is 2.98. The van der Waals surface area contributed by atoms with Crippen LogP contribution in [0.3, 0.4) is 0 Å². The minimum absolute atomic E-state index is 0.0749. The van der Waals surface area contributed by atoms with E-state index in [4.69, 9.17) is 0 Å². The van der Waals surface area contributed by atoms with E-state index in [9.17, 15) is 5.11 Å². The molecule has 0 amide bonds. The Morgan fingerprint density at radius 3 is 2.67 bits per heavy atom. The predicted molar refractivity (Wildman–Crippen MR) is 61.1 cm³/mol. The zero-order valence-electron chi connectivity index (χ0n) is 9.62. The molecule has 1 heterocycles. The number of aliphatic hydroxyl groups excluding tert-OH is 1. The second-order valence-electron chi connectivity index (χ2n) is 4.38. The Hall–Kier alpha value is -1.09. The smallest absolute Gasteiger partial charge is 0.134 e. The van der Waals surface area contributed by atoms with Crippen LogP contribution in [0.5, 0.6) is 0 Å². The summed E-state index contributed by atoms with van der Waals surface area (Å²) < 4.78 is 0. The van der Waals surface area contributed by atoms with Crippen LogP contribution >= 0.6 is 0 Å². The number of anilines is 1. The van der Waals surface area contributed by atoms with Crippen LogP contribution in [0.4, 0.5) is 5.82 Å². The molecule has 15 heavy (non-hydrogen) atoms. The number of aromatic nitrogens is 1. The molecule has 1 aliphatic rings. The van der Waals surface area contributed by atoms with E-state index in [1.807, 2.05) is 19.9 Å². The van der Waals surface area contributed by atoms with E-state index in [1.54, 1.807) is 0 Å². The molecule has 1 N–H and O–H groups in total. The second-order valence-corrected chi connectivity index (χ2v) is 4.38. The van der Waals surface area contributed by atoms with Gasteiger partial charge < -0.3 is 10.0 Å². The van der Waals surface area contributed by atoms with Gasteiger partial charge in [-0.3, -0.25) is 0 Å². The van der Waals surface area contributed by atoms with Crippen LogP contribution in [0.1, 0.15) is 29.7 Å². The molecule has 1 aromatic rings. The lowest BCUT2D eigenvalue weighted by Gasteiger charge is -2.22. The summed E-state index contributed by atoms with van der Waals surface area (Å²) >= 11 is 0. The molecular formula is C12H18N2O. The van der Waals surface area contributed by atoms with Crippen molar-refractivity contribution in [2.45, 2.75) is 39.3 Å². The highest BCUT2D eigenvalue weighted by molar-refractivity contribution is 5.52. The van der Waals surface area contributed by atoms with E-state index in [-0.39, 0.29) is 6.61 Å². The van der Waals surface area contributed by atoms with Gasteiger partial charge in [-0.1, -0.05) is 0 Å². The van der Waals surface area contributed by atoms with Gasteiger partial charge in [-0.25, -0.2) is 4.98 Å². The zero-order chi connectivity index (χ0) is 11.0. The van der Waals surface area contributed by atoms with Crippen molar-refractivity contribution < 1.29 is 5.11 Å². The van der Waals surface area contributed by atoms with Gasteiger partial charge in [0.25, 0.3) is 0 Å². The number of rotatable bonds is 3. The molecule has 1 aromatic heterocycles. The molecule has 0 aliphatic heterocycles. The molecule has 82 valence electrons. The summed E-state index contributed by atoms with van der Waals surface area (Å²) in [5, 5.41) is 9.37. The van der Waals surface area contributed by atoms with Crippen LogP contribution < -0.4 is 4.90 Å². The lowest BCUT2D eigenvalue weighted by Crippen LogP contribution is -2.23. The molecule has 0 spiro atoms. The summed E-state index contributed by atoms with van der Waals surface area (Å²) in [5.74, 6) is 0.956. The van der Waals surface area contributed by atoms with Crippen molar-refractivity contribution in [2.75, 3.05) is 11.9 Å². The Morgan fingerprint density at radius 2 is 2.13 bits per heavy atom. The molecule has 2 rings (SSSR count). The molecule has 3 heteroatoms. The van der Waals surface area contributed by atoms with Crippen molar-refractivity contribution in [3.63, 3.8) is 0 Å². The standard InChI is InChI=1S/C12H18N2O/c1-8-6-9(2)13-12(11(8)7-15)14(3)10-4-5-10/h6,10,15H,4-5,7H2,1-3H3. The number of pyridine rings is 1. The van der Waals surface area contributed by atoms with Gasteiger partial charge in [0.2, 0.25) is 0 Å². The van der Waals surface area contributed by atoms with Crippen molar-refractivity contribution in [3.05, 3.63) is 22.9 Å². The Kier molecular flexibility index (Phi) is 2.65. The third-order valence-electron chi connectivity index (χ3n) is 3.04. The number of aryl methyl sites for hydroxylation is 2. The van der Waals surface area contributed by atoms with Crippen molar-refractivity contribution >= 4 is 5.82 Å². The van der Waals surface area contributed by atoms with Gasteiger partial charge in [-0.05, 0) is 38.3 Å². The minimum atomic E-state index is 0.0749. The number of hydrogen-bond acceptors (Lipinski definition) is 3. The van der Waals surface area contributed by atoms with Crippen molar-refractivity contribution in [1.82, 2.24) is 4.98 Å². The summed E-state index contributed by atoms with van der Waals surface area (Å²) in [4.78, 5) is 6.73. The highest BCUT2D eigenvalue weighted by Gasteiger charge is 2.28.